The van der Waals surface area contributed by atoms with Crippen LogP contribution in [0.2, 0.25) is 0 Å². The minimum Gasteiger partial charge on any atom is -0.489 e. The van der Waals surface area contributed by atoms with Crippen LogP contribution in [-0.4, -0.2) is 106 Å². The van der Waals surface area contributed by atoms with Gasteiger partial charge in [-0.15, -0.1) is 0 Å². The number of ether oxygens (including phenoxy) is 4. The number of H-pyrrole nitrogens is 2. The van der Waals surface area contributed by atoms with Crippen LogP contribution in [0, 0.1) is 24.7 Å². The Morgan fingerprint density at radius 1 is 0.934 bits per heavy atom. The van der Waals surface area contributed by atoms with E-state index in [1.165, 1.54) is 14.2 Å². The number of likely N-dealkylation sites (tertiary alicyclic amines) is 2. The summed E-state index contributed by atoms with van der Waals surface area (Å²) in [6, 6.07) is 4.20. The summed E-state index contributed by atoms with van der Waals surface area (Å²) in [5.41, 5.74) is 7.46. The summed E-state index contributed by atoms with van der Waals surface area (Å²) in [6.07, 6.45) is 4.77. The number of rotatable bonds is 13. The van der Waals surface area contributed by atoms with Gasteiger partial charge in [0.1, 0.15) is 36.1 Å². The zero-order valence-corrected chi connectivity index (χ0v) is 37.3. The lowest BCUT2D eigenvalue weighted by atomic mass is 9.94. The molecule has 0 spiro atoms. The zero-order chi connectivity index (χ0) is 44.3. The van der Waals surface area contributed by atoms with E-state index in [1.54, 1.807) is 18.2 Å². The van der Waals surface area contributed by atoms with Gasteiger partial charge in [0.15, 0.2) is 0 Å². The van der Waals surface area contributed by atoms with Crippen molar-refractivity contribution in [1.29, 1.82) is 0 Å². The van der Waals surface area contributed by atoms with E-state index in [0.717, 1.165) is 63.5 Å². The monoisotopic (exact) mass is 842 g/mol. The quantitative estimate of drug-likeness (QED) is 0.142. The Labute approximate surface area is 358 Å². The normalized spacial score (nSPS) is 21.4. The van der Waals surface area contributed by atoms with E-state index < -0.39 is 24.3 Å². The van der Waals surface area contributed by atoms with Gasteiger partial charge in [-0.3, -0.25) is 9.59 Å². The van der Waals surface area contributed by atoms with E-state index in [2.05, 4.69) is 38.8 Å². The van der Waals surface area contributed by atoms with Crippen LogP contribution in [0.1, 0.15) is 114 Å². The maximum absolute atomic E-state index is 14.0. The number of carbonyl (C=O) groups excluding carboxylic acids is 4. The second-order valence-electron chi connectivity index (χ2n) is 17.2. The van der Waals surface area contributed by atoms with Crippen LogP contribution >= 0.6 is 0 Å². The third-order valence-corrected chi connectivity index (χ3v) is 12.2. The van der Waals surface area contributed by atoms with Crippen molar-refractivity contribution in [3.8, 4) is 11.3 Å². The van der Waals surface area contributed by atoms with Crippen molar-refractivity contribution in [2.24, 2.45) is 17.8 Å². The number of methoxy groups -OCH3 is 3. The summed E-state index contributed by atoms with van der Waals surface area (Å²) in [5, 5.41) is 5.44. The fourth-order valence-corrected chi connectivity index (χ4v) is 8.88. The fraction of sp³-hybridized carbons (Fsp3) is 0.556. The van der Waals surface area contributed by atoms with Crippen LogP contribution in [0.25, 0.3) is 22.4 Å². The number of allylic oxidation sites excluding steroid dienone is 3. The van der Waals surface area contributed by atoms with E-state index in [1.807, 2.05) is 66.4 Å². The van der Waals surface area contributed by atoms with Gasteiger partial charge in [0.2, 0.25) is 11.8 Å². The fourth-order valence-electron chi connectivity index (χ4n) is 8.88. The van der Waals surface area contributed by atoms with E-state index in [0.29, 0.717) is 37.8 Å². The molecule has 0 aliphatic carbocycles. The molecule has 6 atom stereocenters. The Hall–Kier alpha value is -5.64. The van der Waals surface area contributed by atoms with E-state index in [-0.39, 0.29) is 47.7 Å². The molecule has 3 aliphatic heterocycles. The summed E-state index contributed by atoms with van der Waals surface area (Å²) in [7, 11) is 4.23. The van der Waals surface area contributed by atoms with Crippen molar-refractivity contribution >= 4 is 35.1 Å². The number of aromatic amines is 2. The molecule has 4 amide bonds. The molecule has 5 heterocycles. The lowest BCUT2D eigenvalue weighted by molar-refractivity contribution is -0.137. The van der Waals surface area contributed by atoms with E-state index >= 15 is 0 Å². The van der Waals surface area contributed by atoms with Gasteiger partial charge in [0, 0.05) is 31.3 Å². The van der Waals surface area contributed by atoms with Gasteiger partial charge in [0.25, 0.3) is 0 Å². The highest BCUT2D eigenvalue weighted by Gasteiger charge is 2.43. The topological polar surface area (TPSA) is 193 Å². The summed E-state index contributed by atoms with van der Waals surface area (Å²) in [6.45, 7) is 17.0. The standard InChI is InChI=1S/C45H62N8O8/c1-23(2)37(50-44(56)59-10)42(54)52-20-29(21-58-9)17-35(52)41-47-28(8)39(49-41)25(5)16-36-27(7)32-14-13-30(18-31(32)22-61-36)33-19-46-40(48-33)34-15-12-26(6)53(34)43(55)38(24(3)4)51-45(57)60-11/h13-14,16,18-19,23-24,26,29,34-35,37-38H,12,15,17,20-22H2,1-11H3,(H,46,48)(H,47,49)(H,50,56)(H,51,57)/b25-16+/t26-,29-,34-,35-,37-,38-/m0/s1. The Morgan fingerprint density at radius 3 is 2.25 bits per heavy atom. The largest absolute Gasteiger partial charge is 0.489 e. The molecule has 0 unspecified atom stereocenters. The number of hydrogen-bond donors (Lipinski definition) is 4. The number of imidazole rings is 2. The first-order valence-electron chi connectivity index (χ1n) is 21.1. The number of benzene rings is 1. The van der Waals surface area contributed by atoms with Gasteiger partial charge in [-0.2, -0.15) is 0 Å². The van der Waals surface area contributed by atoms with Gasteiger partial charge in [-0.05, 0) is 98.8 Å². The average molecular weight is 843 g/mol. The van der Waals surface area contributed by atoms with Gasteiger partial charge < -0.3 is 49.3 Å². The highest BCUT2D eigenvalue weighted by molar-refractivity contribution is 5.87. The Kier molecular flexibility index (Phi) is 14.0. The van der Waals surface area contributed by atoms with Crippen molar-refractivity contribution in [2.45, 2.75) is 111 Å². The second kappa shape index (κ2) is 19.0. The number of aromatic nitrogens is 4. The number of aryl methyl sites for hydroxylation is 1. The highest BCUT2D eigenvalue weighted by Crippen LogP contribution is 2.39. The minimum atomic E-state index is -0.756. The molecule has 330 valence electrons. The average Bonchev–Trinajstić information content (AvgIpc) is 4.05. The third-order valence-electron chi connectivity index (χ3n) is 12.2. The first-order chi connectivity index (χ1) is 29.1. The summed E-state index contributed by atoms with van der Waals surface area (Å²) in [5.74, 6) is 1.61. The van der Waals surface area contributed by atoms with Gasteiger partial charge in [0.05, 0.1) is 50.5 Å². The van der Waals surface area contributed by atoms with Crippen molar-refractivity contribution < 1.29 is 38.1 Å². The molecular weight excluding hydrogens is 781 g/mol. The van der Waals surface area contributed by atoms with Crippen molar-refractivity contribution in [3.63, 3.8) is 0 Å². The van der Waals surface area contributed by atoms with Crippen molar-refractivity contribution in [2.75, 3.05) is 34.5 Å². The van der Waals surface area contributed by atoms with E-state index in [4.69, 9.17) is 28.9 Å². The Bertz CT molecular complexity index is 2170. The van der Waals surface area contributed by atoms with Crippen LogP contribution in [0.15, 0.2) is 36.2 Å². The van der Waals surface area contributed by atoms with E-state index in [9.17, 15) is 19.2 Å². The molecule has 3 aliphatic rings. The molecule has 0 saturated carbocycles. The maximum Gasteiger partial charge on any atom is 0.407 e. The second-order valence-corrected chi connectivity index (χ2v) is 17.2. The minimum absolute atomic E-state index is 0.0173. The molecule has 2 aromatic heterocycles. The predicted octanol–water partition coefficient (Wildman–Crippen LogP) is 6.82. The lowest BCUT2D eigenvalue weighted by Gasteiger charge is -2.32. The van der Waals surface area contributed by atoms with Gasteiger partial charge in [-0.1, -0.05) is 39.8 Å². The molecule has 16 heteroatoms. The zero-order valence-electron chi connectivity index (χ0n) is 37.3. The van der Waals surface area contributed by atoms with Crippen LogP contribution in [0.3, 0.4) is 0 Å². The molecule has 0 radical (unpaired) electrons. The predicted molar refractivity (Wildman–Crippen MR) is 229 cm³/mol. The SMILES string of the molecule is COC[C@H]1C[C@@H](c2nc(/C(C)=C/C3=C(C)c4ccc(-c5cnc([C@@H]6CC[C@H](C)N6C(=O)[C@@H](NC(=O)OC)C(C)C)[nH]5)cc4CO3)c(C)[nH]2)N(C(=O)[C@@H](NC(=O)OC)C(C)C)C1. The third kappa shape index (κ3) is 9.48. The van der Waals surface area contributed by atoms with Gasteiger partial charge >= 0.3 is 12.2 Å². The summed E-state index contributed by atoms with van der Waals surface area (Å²) in [4.78, 5) is 72.5. The Morgan fingerprint density at radius 2 is 1.61 bits per heavy atom. The smallest absolute Gasteiger partial charge is 0.407 e. The molecule has 3 aromatic rings. The molecular formula is C45H62N8O8. The van der Waals surface area contributed by atoms with Crippen LogP contribution in [0.4, 0.5) is 9.59 Å². The molecule has 2 saturated heterocycles. The van der Waals surface area contributed by atoms with Crippen LogP contribution in [0.5, 0.6) is 0 Å². The number of carbonyl (C=O) groups is 4. The van der Waals surface area contributed by atoms with Gasteiger partial charge in [-0.25, -0.2) is 19.6 Å². The summed E-state index contributed by atoms with van der Waals surface area (Å²) >= 11 is 0. The molecule has 16 nitrogen and oxygen atoms in total. The number of fused-ring (bicyclic) bond motifs is 1. The number of nitrogens with one attached hydrogen (secondary N) is 4. The first kappa shape index (κ1) is 44.9. The molecule has 1 aromatic carbocycles. The number of nitrogens with zero attached hydrogens (tertiary/aromatic N) is 4. The first-order valence-corrected chi connectivity index (χ1v) is 21.1. The lowest BCUT2D eigenvalue weighted by Crippen LogP contribution is -2.52. The number of amides is 4. The molecule has 2 fully saturated rings. The molecule has 4 N–H and O–H groups in total. The van der Waals surface area contributed by atoms with Crippen molar-refractivity contribution in [1.82, 2.24) is 40.4 Å². The maximum atomic E-state index is 14.0. The summed E-state index contributed by atoms with van der Waals surface area (Å²) < 4.78 is 21.5. The van der Waals surface area contributed by atoms with Crippen LogP contribution < -0.4 is 10.6 Å². The number of alkyl carbamates (subject to hydrolysis) is 2. The highest BCUT2D eigenvalue weighted by atomic mass is 16.5. The van der Waals surface area contributed by atoms with Crippen LogP contribution in [-0.2, 0) is 35.1 Å². The molecule has 61 heavy (non-hydrogen) atoms. The number of hydrogen-bond acceptors (Lipinski definition) is 10. The Balaban J connectivity index is 1.20. The van der Waals surface area contributed by atoms with Crippen molar-refractivity contribution in [3.05, 3.63) is 70.4 Å². The molecule has 0 bridgehead atoms. The molecule has 6 rings (SSSR count).